The second kappa shape index (κ2) is 7.36. The summed E-state index contributed by atoms with van der Waals surface area (Å²) in [5, 5.41) is 4.06. The number of halogens is 1. The van der Waals surface area contributed by atoms with Gasteiger partial charge in [-0.25, -0.2) is 0 Å². The van der Waals surface area contributed by atoms with Gasteiger partial charge in [-0.2, -0.15) is 0 Å². The van der Waals surface area contributed by atoms with E-state index >= 15 is 0 Å². The van der Waals surface area contributed by atoms with Crippen molar-refractivity contribution in [3.8, 4) is 5.75 Å². The Labute approximate surface area is 109 Å². The van der Waals surface area contributed by atoms with Crippen LogP contribution in [0.3, 0.4) is 0 Å². The van der Waals surface area contributed by atoms with Crippen molar-refractivity contribution in [3.05, 3.63) is 40.9 Å². The van der Waals surface area contributed by atoms with E-state index in [0.29, 0.717) is 6.61 Å². The second-order valence-corrected chi connectivity index (χ2v) is 4.53. The van der Waals surface area contributed by atoms with Gasteiger partial charge in [0.1, 0.15) is 12.4 Å². The molecule has 3 heteroatoms. The van der Waals surface area contributed by atoms with Crippen LogP contribution in [0.1, 0.15) is 18.9 Å². The maximum atomic E-state index is 5.94. The lowest BCUT2D eigenvalue weighted by Crippen LogP contribution is -2.20. The van der Waals surface area contributed by atoms with Gasteiger partial charge in [-0.05, 0) is 49.2 Å². The van der Waals surface area contributed by atoms with E-state index in [1.54, 1.807) is 0 Å². The molecule has 0 unspecified atom stereocenters. The zero-order valence-corrected chi connectivity index (χ0v) is 11.3. The molecule has 0 spiro atoms. The molecule has 0 fully saturated rings. The van der Waals surface area contributed by atoms with Crippen molar-refractivity contribution in [2.75, 3.05) is 19.7 Å². The Morgan fingerprint density at radius 3 is 2.88 bits per heavy atom. The average Bonchev–Trinajstić information content (AvgIpc) is 2.31. The zero-order valence-electron chi connectivity index (χ0n) is 10.6. The highest BCUT2D eigenvalue weighted by Gasteiger charge is 2.00. The highest BCUT2D eigenvalue weighted by Crippen LogP contribution is 2.21. The molecule has 0 aliphatic carbocycles. The minimum atomic E-state index is 0.539. The molecule has 0 amide bonds. The first-order valence-corrected chi connectivity index (χ1v) is 6.27. The zero-order chi connectivity index (χ0) is 12.7. The first-order chi connectivity index (χ1) is 8.13. The van der Waals surface area contributed by atoms with Crippen LogP contribution in [0.25, 0.3) is 0 Å². The van der Waals surface area contributed by atoms with Crippen molar-refractivity contribution < 1.29 is 4.74 Å². The van der Waals surface area contributed by atoms with Gasteiger partial charge in [0.25, 0.3) is 0 Å². The van der Waals surface area contributed by atoms with E-state index in [-0.39, 0.29) is 0 Å². The summed E-state index contributed by atoms with van der Waals surface area (Å²) < 4.78 is 5.64. The molecule has 0 radical (unpaired) electrons. The monoisotopic (exact) mass is 253 g/mol. The van der Waals surface area contributed by atoms with Crippen LogP contribution >= 0.6 is 11.6 Å². The van der Waals surface area contributed by atoms with Crippen molar-refractivity contribution in [2.45, 2.75) is 20.3 Å². The van der Waals surface area contributed by atoms with Crippen LogP contribution in [-0.2, 0) is 0 Å². The number of nitrogens with one attached hydrogen (secondary N) is 1. The molecule has 94 valence electrons. The third kappa shape index (κ3) is 5.24. The Balaban J connectivity index is 2.34. The highest BCUT2D eigenvalue weighted by molar-refractivity contribution is 6.31. The fourth-order valence-electron chi connectivity index (χ4n) is 1.39. The van der Waals surface area contributed by atoms with Crippen molar-refractivity contribution >= 4 is 11.6 Å². The standard InChI is InChI=1S/C14H20ClNO/c1-4-7-16-9-11(2)10-17-13-5-6-14(15)12(3)8-13/h5-6,8,16H,2,4,7,9-10H2,1,3H3. The smallest absolute Gasteiger partial charge is 0.120 e. The molecule has 0 aliphatic rings. The quantitative estimate of drug-likeness (QED) is 0.592. The Morgan fingerprint density at radius 2 is 2.24 bits per heavy atom. The van der Waals surface area contributed by atoms with Gasteiger partial charge in [0.05, 0.1) is 0 Å². The highest BCUT2D eigenvalue weighted by atomic mass is 35.5. The third-order valence-electron chi connectivity index (χ3n) is 2.37. The molecule has 1 aromatic carbocycles. The van der Waals surface area contributed by atoms with E-state index in [4.69, 9.17) is 16.3 Å². The fraction of sp³-hybridized carbons (Fsp3) is 0.429. The van der Waals surface area contributed by atoms with Gasteiger partial charge in [-0.15, -0.1) is 0 Å². The maximum Gasteiger partial charge on any atom is 0.120 e. The normalized spacial score (nSPS) is 10.3. The summed E-state index contributed by atoms with van der Waals surface area (Å²) in [5.41, 5.74) is 2.07. The van der Waals surface area contributed by atoms with Crippen LogP contribution in [0, 0.1) is 6.92 Å². The first-order valence-electron chi connectivity index (χ1n) is 5.89. The molecule has 0 saturated heterocycles. The molecule has 0 saturated carbocycles. The number of benzene rings is 1. The predicted octanol–water partition coefficient (Wildman–Crippen LogP) is 3.58. The van der Waals surface area contributed by atoms with Crippen LogP contribution in [0.15, 0.2) is 30.4 Å². The molecule has 1 rings (SSSR count). The molecular weight excluding hydrogens is 234 g/mol. The second-order valence-electron chi connectivity index (χ2n) is 4.13. The lowest BCUT2D eigenvalue weighted by molar-refractivity contribution is 0.348. The molecule has 1 aromatic rings. The summed E-state index contributed by atoms with van der Waals surface area (Å²) >= 11 is 5.94. The summed E-state index contributed by atoms with van der Waals surface area (Å²) in [6.45, 7) is 10.4. The van der Waals surface area contributed by atoms with Gasteiger partial charge in [-0.3, -0.25) is 0 Å². The topological polar surface area (TPSA) is 21.3 Å². The van der Waals surface area contributed by atoms with Crippen LogP contribution in [0.5, 0.6) is 5.75 Å². The Morgan fingerprint density at radius 1 is 1.47 bits per heavy atom. The summed E-state index contributed by atoms with van der Waals surface area (Å²) in [4.78, 5) is 0. The van der Waals surface area contributed by atoms with E-state index in [2.05, 4.69) is 18.8 Å². The minimum absolute atomic E-state index is 0.539. The molecule has 0 heterocycles. The van der Waals surface area contributed by atoms with Gasteiger partial charge < -0.3 is 10.1 Å². The van der Waals surface area contributed by atoms with Gasteiger partial charge in [0.2, 0.25) is 0 Å². The van der Waals surface area contributed by atoms with Crippen LogP contribution in [0.2, 0.25) is 5.02 Å². The Bertz CT molecular complexity index is 376. The van der Waals surface area contributed by atoms with Crippen molar-refractivity contribution in [1.29, 1.82) is 0 Å². The Hall–Kier alpha value is -0.990. The van der Waals surface area contributed by atoms with Crippen molar-refractivity contribution in [2.24, 2.45) is 0 Å². The van der Waals surface area contributed by atoms with Gasteiger partial charge >= 0.3 is 0 Å². The van der Waals surface area contributed by atoms with E-state index in [0.717, 1.165) is 41.4 Å². The molecule has 0 atom stereocenters. The van der Waals surface area contributed by atoms with Crippen molar-refractivity contribution in [1.82, 2.24) is 5.32 Å². The van der Waals surface area contributed by atoms with Gasteiger partial charge in [0, 0.05) is 11.6 Å². The molecule has 1 N–H and O–H groups in total. The SMILES string of the molecule is C=C(CNCCC)COc1ccc(Cl)c(C)c1. The van der Waals surface area contributed by atoms with Crippen LogP contribution < -0.4 is 10.1 Å². The summed E-state index contributed by atoms with van der Waals surface area (Å²) in [6.07, 6.45) is 1.13. The molecule has 0 aromatic heterocycles. The third-order valence-corrected chi connectivity index (χ3v) is 2.80. The summed E-state index contributed by atoms with van der Waals surface area (Å²) in [7, 11) is 0. The van der Waals surface area contributed by atoms with Crippen LogP contribution in [-0.4, -0.2) is 19.7 Å². The number of aryl methyl sites for hydroxylation is 1. The Kier molecular flexibility index (Phi) is 6.09. The van der Waals surface area contributed by atoms with Gasteiger partial charge in [0.15, 0.2) is 0 Å². The number of ether oxygens (including phenoxy) is 1. The minimum Gasteiger partial charge on any atom is -0.489 e. The summed E-state index contributed by atoms with van der Waals surface area (Å²) in [6, 6.07) is 5.67. The number of rotatable bonds is 7. The first kappa shape index (κ1) is 14.1. The fourth-order valence-corrected chi connectivity index (χ4v) is 1.50. The molecule has 17 heavy (non-hydrogen) atoms. The van der Waals surface area contributed by atoms with Crippen LogP contribution in [0.4, 0.5) is 0 Å². The molecular formula is C14H20ClNO. The maximum absolute atomic E-state index is 5.94. The lowest BCUT2D eigenvalue weighted by Gasteiger charge is -2.10. The van der Waals surface area contributed by atoms with E-state index in [1.807, 2.05) is 25.1 Å². The molecule has 0 bridgehead atoms. The summed E-state index contributed by atoms with van der Waals surface area (Å²) in [5.74, 6) is 0.837. The van der Waals surface area contributed by atoms with E-state index in [1.165, 1.54) is 0 Å². The lowest BCUT2D eigenvalue weighted by atomic mass is 10.2. The predicted molar refractivity (Wildman–Crippen MR) is 74.0 cm³/mol. The molecule has 2 nitrogen and oxygen atoms in total. The average molecular weight is 254 g/mol. The van der Waals surface area contributed by atoms with E-state index < -0.39 is 0 Å². The number of hydrogen-bond donors (Lipinski definition) is 1. The number of hydrogen-bond acceptors (Lipinski definition) is 2. The van der Waals surface area contributed by atoms with Gasteiger partial charge in [-0.1, -0.05) is 25.1 Å². The van der Waals surface area contributed by atoms with E-state index in [9.17, 15) is 0 Å². The van der Waals surface area contributed by atoms with Crippen molar-refractivity contribution in [3.63, 3.8) is 0 Å². The molecule has 0 aliphatic heterocycles. The largest absolute Gasteiger partial charge is 0.489 e.